The van der Waals surface area contributed by atoms with Gasteiger partial charge in [-0.3, -0.25) is 4.90 Å². The number of esters is 1. The maximum atomic E-state index is 12.9. The van der Waals surface area contributed by atoms with Crippen LogP contribution in [0.4, 0.5) is 0 Å². The Kier molecular flexibility index (Phi) is 8.95. The third-order valence-corrected chi connectivity index (χ3v) is 6.38. The molecular weight excluding hydrogens is 326 g/mol. The Bertz CT molecular complexity index is 459. The molecule has 0 saturated heterocycles. The van der Waals surface area contributed by atoms with E-state index in [0.29, 0.717) is 6.54 Å². The van der Waals surface area contributed by atoms with Crippen molar-refractivity contribution in [3.05, 3.63) is 0 Å². The molecule has 0 bridgehead atoms. The summed E-state index contributed by atoms with van der Waals surface area (Å²) in [4.78, 5) is 15.1. The van der Waals surface area contributed by atoms with Crippen LogP contribution in [0.3, 0.4) is 0 Å². The van der Waals surface area contributed by atoms with Crippen LogP contribution in [0.5, 0.6) is 0 Å². The first-order valence-corrected chi connectivity index (χ1v) is 10.7. The second kappa shape index (κ2) is 10.9. The molecule has 0 aromatic carbocycles. The van der Waals surface area contributed by atoms with Crippen molar-refractivity contribution in [2.24, 2.45) is 11.8 Å². The van der Waals surface area contributed by atoms with Crippen molar-refractivity contribution in [3.8, 4) is 11.8 Å². The molecule has 0 atom stereocenters. The molecule has 0 aliphatic heterocycles. The van der Waals surface area contributed by atoms with Crippen LogP contribution in [0.25, 0.3) is 0 Å². The molecule has 2 fully saturated rings. The number of nitrogens with zero attached hydrogens (tertiary/aromatic N) is 1. The minimum absolute atomic E-state index is 0.0514. The molecule has 0 radical (unpaired) electrons. The van der Waals surface area contributed by atoms with Crippen molar-refractivity contribution in [2.75, 3.05) is 26.2 Å². The van der Waals surface area contributed by atoms with Gasteiger partial charge in [0.05, 0.1) is 6.54 Å². The number of carbonyl (C=O) groups excluding carboxylic acids is 1. The topological polar surface area (TPSA) is 49.8 Å². The fourth-order valence-corrected chi connectivity index (χ4v) is 4.64. The molecule has 0 unspecified atom stereocenters. The predicted molar refractivity (Wildman–Crippen MR) is 105 cm³/mol. The number of carbonyl (C=O) groups is 1. The lowest BCUT2D eigenvalue weighted by atomic mass is 9.66. The fourth-order valence-electron chi connectivity index (χ4n) is 4.64. The largest absolute Gasteiger partial charge is 0.450 e. The molecule has 1 N–H and O–H groups in total. The maximum Gasteiger partial charge on any atom is 0.339 e. The molecule has 4 heteroatoms. The number of rotatable bonds is 7. The quantitative estimate of drug-likeness (QED) is 0.553. The first kappa shape index (κ1) is 21.3. The molecule has 0 heterocycles. The summed E-state index contributed by atoms with van der Waals surface area (Å²) in [5, 5.41) is 11.5. The second-order valence-corrected chi connectivity index (χ2v) is 7.89. The molecule has 0 aromatic rings. The standard InChI is InChI=1S/C22H37NO3/c1-3-23(4-2)17-11-12-18-26-21(24)22(25,19-13-7-5-8-14-19)20-15-9-6-10-16-20/h19-20,25H,3-10,13-18H2,1-2H3. The Morgan fingerprint density at radius 3 is 1.92 bits per heavy atom. The Balaban J connectivity index is 1.97. The summed E-state index contributed by atoms with van der Waals surface area (Å²) in [6, 6.07) is 0. The Labute approximate surface area is 159 Å². The molecule has 0 amide bonds. The first-order chi connectivity index (χ1) is 12.6. The third-order valence-electron chi connectivity index (χ3n) is 6.38. The van der Waals surface area contributed by atoms with Gasteiger partial charge in [0, 0.05) is 0 Å². The van der Waals surface area contributed by atoms with Crippen LogP contribution in [0, 0.1) is 23.7 Å². The molecule has 148 valence electrons. The first-order valence-electron chi connectivity index (χ1n) is 10.7. The predicted octanol–water partition coefficient (Wildman–Crippen LogP) is 3.77. The number of hydrogen-bond acceptors (Lipinski definition) is 4. The van der Waals surface area contributed by atoms with E-state index in [2.05, 4.69) is 30.6 Å². The van der Waals surface area contributed by atoms with Crippen LogP contribution in [0.2, 0.25) is 0 Å². The van der Waals surface area contributed by atoms with Gasteiger partial charge in [0.1, 0.15) is 0 Å². The van der Waals surface area contributed by atoms with Crippen LogP contribution >= 0.6 is 0 Å². The lowest BCUT2D eigenvalue weighted by Gasteiger charge is -2.43. The van der Waals surface area contributed by atoms with Gasteiger partial charge in [0.15, 0.2) is 12.2 Å². The van der Waals surface area contributed by atoms with Gasteiger partial charge in [-0.2, -0.15) is 0 Å². The van der Waals surface area contributed by atoms with E-state index < -0.39 is 11.6 Å². The Morgan fingerprint density at radius 2 is 1.46 bits per heavy atom. The lowest BCUT2D eigenvalue weighted by Crippen LogP contribution is -2.54. The molecule has 26 heavy (non-hydrogen) atoms. The van der Waals surface area contributed by atoms with Gasteiger partial charge in [-0.15, -0.1) is 0 Å². The monoisotopic (exact) mass is 363 g/mol. The van der Waals surface area contributed by atoms with Crippen molar-refractivity contribution in [1.29, 1.82) is 0 Å². The summed E-state index contributed by atoms with van der Waals surface area (Å²) in [7, 11) is 0. The molecule has 2 aliphatic rings. The van der Waals surface area contributed by atoms with Crippen molar-refractivity contribution >= 4 is 5.97 Å². The highest BCUT2D eigenvalue weighted by Gasteiger charge is 2.51. The van der Waals surface area contributed by atoms with Crippen molar-refractivity contribution in [1.82, 2.24) is 4.90 Å². The third kappa shape index (κ3) is 5.47. The van der Waals surface area contributed by atoms with E-state index in [1.54, 1.807) is 0 Å². The number of ether oxygens (including phenoxy) is 1. The SMILES string of the molecule is CCN(CC)CC#CCOC(=O)C(O)(C1CCCCC1)C1CCCCC1. The fraction of sp³-hybridized carbons (Fsp3) is 0.864. The number of aliphatic hydroxyl groups is 1. The van der Waals surface area contributed by atoms with Gasteiger partial charge in [0.25, 0.3) is 0 Å². The maximum absolute atomic E-state index is 12.9. The van der Waals surface area contributed by atoms with Gasteiger partial charge in [-0.05, 0) is 50.6 Å². The molecule has 2 aliphatic carbocycles. The van der Waals surface area contributed by atoms with Crippen LogP contribution in [0.1, 0.15) is 78.1 Å². The number of hydrogen-bond donors (Lipinski definition) is 1. The Morgan fingerprint density at radius 1 is 0.962 bits per heavy atom. The summed E-state index contributed by atoms with van der Waals surface area (Å²) in [6.45, 7) is 6.93. The van der Waals surface area contributed by atoms with Crippen LogP contribution < -0.4 is 0 Å². The van der Waals surface area contributed by atoms with E-state index in [0.717, 1.165) is 64.5 Å². The summed E-state index contributed by atoms with van der Waals surface area (Å²) in [5.74, 6) is 5.70. The highest BCUT2D eigenvalue weighted by Crippen LogP contribution is 2.43. The van der Waals surface area contributed by atoms with E-state index in [9.17, 15) is 9.90 Å². The normalized spacial score (nSPS) is 19.8. The smallest absolute Gasteiger partial charge is 0.339 e. The van der Waals surface area contributed by atoms with E-state index >= 15 is 0 Å². The van der Waals surface area contributed by atoms with Gasteiger partial charge in [0.2, 0.25) is 0 Å². The average molecular weight is 364 g/mol. The Hall–Kier alpha value is -1.05. The highest BCUT2D eigenvalue weighted by molar-refractivity contribution is 5.80. The average Bonchev–Trinajstić information content (AvgIpc) is 2.71. The van der Waals surface area contributed by atoms with Gasteiger partial charge in [-0.1, -0.05) is 64.2 Å². The van der Waals surface area contributed by atoms with Crippen LogP contribution in [-0.2, 0) is 9.53 Å². The van der Waals surface area contributed by atoms with Gasteiger partial charge >= 0.3 is 5.97 Å². The zero-order chi connectivity index (χ0) is 18.8. The summed E-state index contributed by atoms with van der Waals surface area (Å²) in [5.41, 5.74) is -1.30. The van der Waals surface area contributed by atoms with E-state index in [1.165, 1.54) is 12.8 Å². The molecule has 4 nitrogen and oxygen atoms in total. The molecule has 2 saturated carbocycles. The molecule has 0 spiro atoms. The van der Waals surface area contributed by atoms with Gasteiger partial charge in [-0.25, -0.2) is 4.79 Å². The minimum Gasteiger partial charge on any atom is -0.450 e. The second-order valence-electron chi connectivity index (χ2n) is 7.89. The zero-order valence-corrected chi connectivity index (χ0v) is 16.8. The zero-order valence-electron chi connectivity index (χ0n) is 16.8. The van der Waals surface area contributed by atoms with E-state index in [1.807, 2.05) is 0 Å². The van der Waals surface area contributed by atoms with Crippen molar-refractivity contribution < 1.29 is 14.6 Å². The molecular formula is C22H37NO3. The van der Waals surface area contributed by atoms with E-state index in [-0.39, 0.29) is 18.4 Å². The lowest BCUT2D eigenvalue weighted by molar-refractivity contribution is -0.183. The van der Waals surface area contributed by atoms with Crippen molar-refractivity contribution in [2.45, 2.75) is 83.7 Å². The van der Waals surface area contributed by atoms with Crippen LogP contribution in [-0.4, -0.2) is 47.8 Å². The summed E-state index contributed by atoms with van der Waals surface area (Å²) in [6.07, 6.45) is 10.6. The van der Waals surface area contributed by atoms with E-state index in [4.69, 9.17) is 4.74 Å². The minimum atomic E-state index is -1.30. The van der Waals surface area contributed by atoms with Crippen LogP contribution in [0.15, 0.2) is 0 Å². The summed E-state index contributed by atoms with van der Waals surface area (Å²) < 4.78 is 5.48. The molecule has 2 rings (SSSR count). The van der Waals surface area contributed by atoms with Gasteiger partial charge < -0.3 is 9.84 Å². The molecule has 0 aromatic heterocycles. The van der Waals surface area contributed by atoms with Crippen molar-refractivity contribution in [3.63, 3.8) is 0 Å². The highest BCUT2D eigenvalue weighted by atomic mass is 16.5. The summed E-state index contributed by atoms with van der Waals surface area (Å²) >= 11 is 0.